The number of benzene rings is 1. The van der Waals surface area contributed by atoms with Crippen LogP contribution in [0.25, 0.3) is 0 Å². The molecule has 0 aliphatic carbocycles. The molecule has 1 aromatic heterocycles. The average molecular weight is 302 g/mol. The van der Waals surface area contributed by atoms with Crippen molar-refractivity contribution in [3.63, 3.8) is 0 Å². The van der Waals surface area contributed by atoms with E-state index in [0.717, 1.165) is 24.4 Å². The molecule has 1 atom stereocenters. The van der Waals surface area contributed by atoms with Crippen molar-refractivity contribution in [1.29, 1.82) is 0 Å². The summed E-state index contributed by atoms with van der Waals surface area (Å²) < 4.78 is 13.5. The zero-order valence-corrected chi connectivity index (χ0v) is 12.2. The number of nitrogens with zero attached hydrogens (tertiary/aromatic N) is 1. The van der Waals surface area contributed by atoms with Crippen LogP contribution in [-0.2, 0) is 17.6 Å². The number of halogens is 1. The van der Waals surface area contributed by atoms with E-state index in [2.05, 4.69) is 20.6 Å². The minimum atomic E-state index is -0.400. The van der Waals surface area contributed by atoms with Crippen molar-refractivity contribution in [1.82, 2.24) is 20.6 Å². The minimum absolute atomic E-state index is 0.0819. The molecule has 0 bridgehead atoms. The number of aryl methyl sites for hydroxylation is 1. The molecule has 2 aromatic rings. The molecule has 1 aliphatic heterocycles. The number of hydrogen-bond donors (Lipinski definition) is 3. The van der Waals surface area contributed by atoms with Gasteiger partial charge in [0.25, 0.3) is 0 Å². The van der Waals surface area contributed by atoms with E-state index in [1.807, 2.05) is 6.07 Å². The van der Waals surface area contributed by atoms with E-state index in [4.69, 9.17) is 0 Å². The molecular weight excluding hydrogens is 283 g/mol. The van der Waals surface area contributed by atoms with Crippen LogP contribution < -0.4 is 10.6 Å². The monoisotopic (exact) mass is 302 g/mol. The van der Waals surface area contributed by atoms with Gasteiger partial charge in [-0.05, 0) is 24.5 Å². The van der Waals surface area contributed by atoms with Gasteiger partial charge in [-0.3, -0.25) is 4.79 Å². The van der Waals surface area contributed by atoms with Crippen LogP contribution in [0.1, 0.15) is 29.4 Å². The Morgan fingerprint density at radius 3 is 3.14 bits per heavy atom. The van der Waals surface area contributed by atoms with Crippen LogP contribution in [0, 0.1) is 5.82 Å². The zero-order valence-electron chi connectivity index (χ0n) is 12.2. The number of fused-ring (bicyclic) bond motifs is 1. The molecule has 0 fully saturated rings. The van der Waals surface area contributed by atoms with Crippen molar-refractivity contribution in [2.75, 3.05) is 13.1 Å². The van der Waals surface area contributed by atoms with E-state index in [1.165, 1.54) is 6.07 Å². The number of aromatic nitrogens is 2. The normalized spacial score (nSPS) is 17.0. The van der Waals surface area contributed by atoms with Crippen LogP contribution in [0.5, 0.6) is 0 Å². The molecule has 22 heavy (non-hydrogen) atoms. The van der Waals surface area contributed by atoms with Crippen molar-refractivity contribution < 1.29 is 9.18 Å². The van der Waals surface area contributed by atoms with E-state index < -0.39 is 6.04 Å². The third kappa shape index (κ3) is 3.17. The number of nitrogens with one attached hydrogen (secondary N) is 3. The number of rotatable bonds is 5. The van der Waals surface area contributed by atoms with Gasteiger partial charge in [-0.25, -0.2) is 9.37 Å². The molecule has 2 heterocycles. The van der Waals surface area contributed by atoms with Crippen LogP contribution in [-0.4, -0.2) is 29.0 Å². The molecule has 3 rings (SSSR count). The molecule has 0 radical (unpaired) electrons. The maximum absolute atomic E-state index is 13.5. The highest BCUT2D eigenvalue weighted by atomic mass is 19.1. The number of amides is 1. The van der Waals surface area contributed by atoms with Gasteiger partial charge in [0.2, 0.25) is 5.91 Å². The van der Waals surface area contributed by atoms with Gasteiger partial charge in [-0.15, -0.1) is 0 Å². The van der Waals surface area contributed by atoms with Crippen LogP contribution >= 0.6 is 0 Å². The summed E-state index contributed by atoms with van der Waals surface area (Å²) >= 11 is 0. The quantitative estimate of drug-likeness (QED) is 0.733. The second kappa shape index (κ2) is 6.70. The summed E-state index contributed by atoms with van der Waals surface area (Å²) in [6, 6.07) is 6.33. The first-order chi connectivity index (χ1) is 10.8. The fourth-order valence-corrected chi connectivity index (χ4v) is 2.73. The summed E-state index contributed by atoms with van der Waals surface area (Å²) in [6.07, 6.45) is 3.79. The Hall–Kier alpha value is -2.21. The lowest BCUT2D eigenvalue weighted by molar-refractivity contribution is -0.123. The second-order valence-electron chi connectivity index (χ2n) is 5.39. The molecular formula is C16H19FN4O. The van der Waals surface area contributed by atoms with Crippen LogP contribution in [0.15, 0.2) is 30.6 Å². The summed E-state index contributed by atoms with van der Waals surface area (Å²) in [5.74, 6) is -0.273. The first kappa shape index (κ1) is 14.7. The molecule has 5 nitrogen and oxygen atoms in total. The van der Waals surface area contributed by atoms with Gasteiger partial charge in [0, 0.05) is 25.2 Å². The summed E-state index contributed by atoms with van der Waals surface area (Å²) in [5, 5.41) is 6.07. The number of hydrogen-bond acceptors (Lipinski definition) is 3. The standard InChI is InChI=1S/C16H19FN4O/c17-12-6-2-1-4-11(12)5-3-8-19-16(22)15-14-13(7-9-18-15)20-10-21-14/h1-2,4,6,10,15,18H,3,5,7-9H2,(H,19,22)(H,20,21)/t15-/m1/s1. The Kier molecular flexibility index (Phi) is 4.48. The predicted molar refractivity (Wildman–Crippen MR) is 80.8 cm³/mol. The Morgan fingerprint density at radius 1 is 1.41 bits per heavy atom. The molecule has 0 spiro atoms. The molecule has 1 aromatic carbocycles. The zero-order chi connectivity index (χ0) is 15.4. The maximum atomic E-state index is 13.5. The van der Waals surface area contributed by atoms with Crippen molar-refractivity contribution in [3.05, 3.63) is 53.4 Å². The number of carbonyl (C=O) groups excluding carboxylic acids is 1. The van der Waals surface area contributed by atoms with Gasteiger partial charge in [0.05, 0.1) is 12.0 Å². The van der Waals surface area contributed by atoms with Gasteiger partial charge >= 0.3 is 0 Å². The third-order valence-electron chi connectivity index (χ3n) is 3.89. The smallest absolute Gasteiger partial charge is 0.243 e. The van der Waals surface area contributed by atoms with E-state index in [9.17, 15) is 9.18 Å². The fourth-order valence-electron chi connectivity index (χ4n) is 2.73. The Bertz CT molecular complexity index is 655. The Balaban J connectivity index is 1.49. The molecule has 0 saturated heterocycles. The largest absolute Gasteiger partial charge is 0.354 e. The summed E-state index contributed by atoms with van der Waals surface area (Å²) in [7, 11) is 0. The molecule has 1 aliphatic rings. The van der Waals surface area contributed by atoms with Gasteiger partial charge in [-0.2, -0.15) is 0 Å². The number of imidazole rings is 1. The van der Waals surface area contributed by atoms with Gasteiger partial charge < -0.3 is 15.6 Å². The highest BCUT2D eigenvalue weighted by Crippen LogP contribution is 2.19. The first-order valence-corrected chi connectivity index (χ1v) is 7.52. The van der Waals surface area contributed by atoms with Crippen molar-refractivity contribution >= 4 is 5.91 Å². The first-order valence-electron chi connectivity index (χ1n) is 7.52. The van der Waals surface area contributed by atoms with Gasteiger partial charge in [-0.1, -0.05) is 18.2 Å². The third-order valence-corrected chi connectivity index (χ3v) is 3.89. The highest BCUT2D eigenvalue weighted by Gasteiger charge is 2.27. The van der Waals surface area contributed by atoms with Crippen molar-refractivity contribution in [3.8, 4) is 0 Å². The van der Waals surface area contributed by atoms with E-state index in [0.29, 0.717) is 24.9 Å². The van der Waals surface area contributed by atoms with Crippen LogP contribution in [0.3, 0.4) is 0 Å². The van der Waals surface area contributed by atoms with Crippen molar-refractivity contribution in [2.45, 2.75) is 25.3 Å². The lowest BCUT2D eigenvalue weighted by Gasteiger charge is -2.22. The minimum Gasteiger partial charge on any atom is -0.354 e. The lowest BCUT2D eigenvalue weighted by atomic mass is 10.0. The van der Waals surface area contributed by atoms with E-state index in [-0.39, 0.29) is 11.7 Å². The van der Waals surface area contributed by atoms with Gasteiger partial charge in [0.15, 0.2) is 0 Å². The second-order valence-corrected chi connectivity index (χ2v) is 5.39. The molecule has 1 amide bonds. The number of aromatic amines is 1. The summed E-state index contributed by atoms with van der Waals surface area (Å²) in [4.78, 5) is 19.5. The Morgan fingerprint density at radius 2 is 2.27 bits per heavy atom. The SMILES string of the molecule is O=C(NCCCc1ccccc1F)[C@@H]1NCCc2[nH]cnc21. The van der Waals surface area contributed by atoms with Crippen LogP contribution in [0.2, 0.25) is 0 Å². The van der Waals surface area contributed by atoms with Crippen molar-refractivity contribution in [2.24, 2.45) is 0 Å². The Labute approximate surface area is 128 Å². The van der Waals surface area contributed by atoms with Crippen LogP contribution in [0.4, 0.5) is 4.39 Å². The number of carbonyl (C=O) groups is 1. The average Bonchev–Trinajstić information content (AvgIpc) is 3.01. The molecule has 3 N–H and O–H groups in total. The predicted octanol–water partition coefficient (Wildman–Crippen LogP) is 1.48. The molecule has 116 valence electrons. The van der Waals surface area contributed by atoms with E-state index >= 15 is 0 Å². The molecule has 6 heteroatoms. The number of H-pyrrole nitrogens is 1. The highest BCUT2D eigenvalue weighted by molar-refractivity contribution is 5.83. The lowest BCUT2D eigenvalue weighted by Crippen LogP contribution is -2.41. The summed E-state index contributed by atoms with van der Waals surface area (Å²) in [5.41, 5.74) is 2.48. The molecule has 0 unspecified atom stereocenters. The summed E-state index contributed by atoms with van der Waals surface area (Å²) in [6.45, 7) is 1.27. The topological polar surface area (TPSA) is 69.8 Å². The molecule has 0 saturated carbocycles. The van der Waals surface area contributed by atoms with E-state index in [1.54, 1.807) is 18.5 Å². The fraction of sp³-hybridized carbons (Fsp3) is 0.375. The van der Waals surface area contributed by atoms with Gasteiger partial charge in [0.1, 0.15) is 11.9 Å². The maximum Gasteiger partial charge on any atom is 0.243 e.